The van der Waals surface area contributed by atoms with E-state index in [1.54, 1.807) is 24.3 Å². The Labute approximate surface area is 139 Å². The molecule has 7 nitrogen and oxygen atoms in total. The van der Waals surface area contributed by atoms with E-state index in [1.165, 1.54) is 12.1 Å². The van der Waals surface area contributed by atoms with Crippen molar-refractivity contribution in [3.8, 4) is 23.0 Å². The molecular formula is C16H15NO6S. The van der Waals surface area contributed by atoms with Gasteiger partial charge in [-0.25, -0.2) is 13.1 Å². The lowest BCUT2D eigenvalue weighted by Gasteiger charge is -2.19. The van der Waals surface area contributed by atoms with Crippen molar-refractivity contribution in [2.24, 2.45) is 0 Å². The molecule has 0 aliphatic carbocycles. The Morgan fingerprint density at radius 1 is 0.833 bits per heavy atom. The Morgan fingerprint density at radius 2 is 1.50 bits per heavy atom. The van der Waals surface area contributed by atoms with Crippen LogP contribution in [0.2, 0.25) is 0 Å². The molecule has 8 heteroatoms. The van der Waals surface area contributed by atoms with Gasteiger partial charge >= 0.3 is 0 Å². The van der Waals surface area contributed by atoms with E-state index in [9.17, 15) is 8.42 Å². The van der Waals surface area contributed by atoms with E-state index in [4.69, 9.17) is 18.9 Å². The highest BCUT2D eigenvalue weighted by atomic mass is 32.2. The van der Waals surface area contributed by atoms with Crippen LogP contribution in [0.5, 0.6) is 23.0 Å². The van der Waals surface area contributed by atoms with Crippen molar-refractivity contribution in [2.75, 3.05) is 20.0 Å². The SMILES string of the molecule is O=S(=O)(NCc1ccc2c(c1)OCCO2)c1ccc2c(c1)OCO2. The summed E-state index contributed by atoms with van der Waals surface area (Å²) in [6.45, 7) is 1.25. The quantitative estimate of drug-likeness (QED) is 0.904. The van der Waals surface area contributed by atoms with Crippen molar-refractivity contribution in [1.82, 2.24) is 4.72 Å². The van der Waals surface area contributed by atoms with Gasteiger partial charge in [0.25, 0.3) is 0 Å². The number of fused-ring (bicyclic) bond motifs is 2. The Kier molecular flexibility index (Phi) is 3.70. The summed E-state index contributed by atoms with van der Waals surface area (Å²) >= 11 is 0. The summed E-state index contributed by atoms with van der Waals surface area (Å²) in [5.74, 6) is 2.27. The third kappa shape index (κ3) is 2.85. The van der Waals surface area contributed by atoms with Crippen molar-refractivity contribution in [3.05, 3.63) is 42.0 Å². The molecule has 2 aromatic carbocycles. The van der Waals surface area contributed by atoms with Gasteiger partial charge in [-0.3, -0.25) is 0 Å². The Balaban J connectivity index is 1.50. The lowest BCUT2D eigenvalue weighted by molar-refractivity contribution is 0.171. The maximum atomic E-state index is 12.4. The summed E-state index contributed by atoms with van der Waals surface area (Å²) < 4.78 is 48.8. The molecule has 24 heavy (non-hydrogen) atoms. The first-order chi connectivity index (χ1) is 11.6. The van der Waals surface area contributed by atoms with Crippen LogP contribution >= 0.6 is 0 Å². The number of benzene rings is 2. The average Bonchev–Trinajstić information content (AvgIpc) is 3.07. The molecule has 0 unspecified atom stereocenters. The second kappa shape index (κ2) is 5.88. The second-order valence-electron chi connectivity index (χ2n) is 5.32. The van der Waals surface area contributed by atoms with E-state index >= 15 is 0 Å². The molecule has 0 bridgehead atoms. The van der Waals surface area contributed by atoms with E-state index in [2.05, 4.69) is 4.72 Å². The molecule has 0 saturated heterocycles. The van der Waals surface area contributed by atoms with E-state index in [-0.39, 0.29) is 18.2 Å². The predicted molar refractivity (Wildman–Crippen MR) is 84.0 cm³/mol. The van der Waals surface area contributed by atoms with Gasteiger partial charge in [0.1, 0.15) is 13.2 Å². The molecular weight excluding hydrogens is 334 g/mol. The van der Waals surface area contributed by atoms with Gasteiger partial charge in [0.05, 0.1) is 4.90 Å². The number of sulfonamides is 1. The fourth-order valence-electron chi connectivity index (χ4n) is 2.50. The smallest absolute Gasteiger partial charge is 0.241 e. The molecule has 0 radical (unpaired) electrons. The van der Waals surface area contributed by atoms with Gasteiger partial charge in [-0.05, 0) is 29.8 Å². The maximum absolute atomic E-state index is 12.4. The number of hydrogen-bond donors (Lipinski definition) is 1. The van der Waals surface area contributed by atoms with Crippen molar-refractivity contribution < 1.29 is 27.4 Å². The second-order valence-corrected chi connectivity index (χ2v) is 7.08. The lowest BCUT2D eigenvalue weighted by Crippen LogP contribution is -2.23. The molecule has 0 atom stereocenters. The summed E-state index contributed by atoms with van der Waals surface area (Å²) in [5, 5.41) is 0. The molecule has 0 spiro atoms. The highest BCUT2D eigenvalue weighted by Crippen LogP contribution is 2.34. The Morgan fingerprint density at radius 3 is 2.38 bits per heavy atom. The molecule has 2 heterocycles. The van der Waals surface area contributed by atoms with Crippen LogP contribution in [0.1, 0.15) is 5.56 Å². The van der Waals surface area contributed by atoms with Gasteiger partial charge in [-0.15, -0.1) is 0 Å². The first kappa shape index (κ1) is 15.1. The minimum atomic E-state index is -3.66. The van der Waals surface area contributed by atoms with Crippen LogP contribution in [0.25, 0.3) is 0 Å². The molecule has 2 aromatic rings. The fraction of sp³-hybridized carbons (Fsp3) is 0.250. The van der Waals surface area contributed by atoms with E-state index in [0.717, 1.165) is 5.56 Å². The first-order valence-electron chi connectivity index (χ1n) is 7.40. The lowest BCUT2D eigenvalue weighted by atomic mass is 10.2. The van der Waals surface area contributed by atoms with Crippen LogP contribution in [0, 0.1) is 0 Å². The van der Waals surface area contributed by atoms with Gasteiger partial charge < -0.3 is 18.9 Å². The minimum Gasteiger partial charge on any atom is -0.486 e. The molecule has 0 amide bonds. The van der Waals surface area contributed by atoms with E-state index in [0.29, 0.717) is 36.2 Å². The molecule has 1 N–H and O–H groups in total. The number of hydrogen-bond acceptors (Lipinski definition) is 6. The molecule has 126 valence electrons. The average molecular weight is 349 g/mol. The van der Waals surface area contributed by atoms with Crippen molar-refractivity contribution in [1.29, 1.82) is 0 Å². The third-order valence-corrected chi connectivity index (χ3v) is 5.13. The molecule has 4 rings (SSSR count). The topological polar surface area (TPSA) is 83.1 Å². The van der Waals surface area contributed by atoms with Crippen LogP contribution in [-0.4, -0.2) is 28.4 Å². The van der Waals surface area contributed by atoms with Gasteiger partial charge in [0.2, 0.25) is 16.8 Å². The largest absolute Gasteiger partial charge is 0.486 e. The van der Waals surface area contributed by atoms with Crippen LogP contribution in [0.3, 0.4) is 0 Å². The summed E-state index contributed by atoms with van der Waals surface area (Å²) in [6, 6.07) is 9.88. The zero-order valence-electron chi connectivity index (χ0n) is 12.7. The zero-order valence-corrected chi connectivity index (χ0v) is 13.5. The van der Waals surface area contributed by atoms with Gasteiger partial charge in [-0.2, -0.15) is 0 Å². The summed E-state index contributed by atoms with van der Waals surface area (Å²) in [6.07, 6.45) is 0. The predicted octanol–water partition coefficient (Wildman–Crippen LogP) is 1.67. The third-order valence-electron chi connectivity index (χ3n) is 3.73. The molecule has 2 aliphatic heterocycles. The van der Waals surface area contributed by atoms with Gasteiger partial charge in [0, 0.05) is 12.6 Å². The van der Waals surface area contributed by atoms with Crippen molar-refractivity contribution >= 4 is 10.0 Å². The van der Waals surface area contributed by atoms with Gasteiger partial charge in [0.15, 0.2) is 23.0 Å². The zero-order chi connectivity index (χ0) is 16.6. The Bertz CT molecular complexity index is 880. The maximum Gasteiger partial charge on any atom is 0.241 e. The Hall–Kier alpha value is -2.45. The number of nitrogens with one attached hydrogen (secondary N) is 1. The van der Waals surface area contributed by atoms with E-state index < -0.39 is 10.0 Å². The monoisotopic (exact) mass is 349 g/mol. The number of ether oxygens (including phenoxy) is 4. The minimum absolute atomic E-state index is 0.101. The standard InChI is InChI=1S/C16H15NO6S/c18-24(19,12-2-4-14-16(8-12)23-10-22-14)17-9-11-1-3-13-15(7-11)21-6-5-20-13/h1-4,7-8,17H,5-6,9-10H2. The molecule has 0 saturated carbocycles. The molecule has 0 aromatic heterocycles. The van der Waals surface area contributed by atoms with Crippen LogP contribution in [-0.2, 0) is 16.6 Å². The number of rotatable bonds is 4. The fourth-order valence-corrected chi connectivity index (χ4v) is 3.54. The van der Waals surface area contributed by atoms with Gasteiger partial charge in [-0.1, -0.05) is 6.07 Å². The normalized spacial score (nSPS) is 15.3. The summed E-state index contributed by atoms with van der Waals surface area (Å²) in [5.41, 5.74) is 0.781. The highest BCUT2D eigenvalue weighted by molar-refractivity contribution is 7.89. The van der Waals surface area contributed by atoms with Crippen molar-refractivity contribution in [3.63, 3.8) is 0 Å². The van der Waals surface area contributed by atoms with Crippen LogP contribution < -0.4 is 23.7 Å². The van der Waals surface area contributed by atoms with Crippen molar-refractivity contribution in [2.45, 2.75) is 11.4 Å². The summed E-state index contributed by atoms with van der Waals surface area (Å²) in [4.78, 5) is 0.129. The summed E-state index contributed by atoms with van der Waals surface area (Å²) in [7, 11) is -3.66. The molecule has 0 fully saturated rings. The molecule has 2 aliphatic rings. The first-order valence-corrected chi connectivity index (χ1v) is 8.88. The van der Waals surface area contributed by atoms with E-state index in [1.807, 2.05) is 0 Å². The van der Waals surface area contributed by atoms with Crippen LogP contribution in [0.4, 0.5) is 0 Å². The van der Waals surface area contributed by atoms with Crippen LogP contribution in [0.15, 0.2) is 41.3 Å². The highest BCUT2D eigenvalue weighted by Gasteiger charge is 2.20.